The molecule has 0 unspecified atom stereocenters. The Kier molecular flexibility index (Phi) is 5.90. The number of amides is 2. The summed E-state index contributed by atoms with van der Waals surface area (Å²) in [6.45, 7) is 1.53. The first-order chi connectivity index (χ1) is 13.1. The van der Waals surface area contributed by atoms with Gasteiger partial charge in [-0.05, 0) is 18.6 Å². The third kappa shape index (κ3) is 4.55. The van der Waals surface area contributed by atoms with E-state index in [0.29, 0.717) is 55.2 Å². The number of aromatic nitrogens is 3. The Bertz CT molecular complexity index is 820. The predicted molar refractivity (Wildman–Crippen MR) is 96.6 cm³/mol. The van der Waals surface area contributed by atoms with Crippen molar-refractivity contribution in [1.82, 2.24) is 25.2 Å². The molecule has 9 nitrogen and oxygen atoms in total. The summed E-state index contributed by atoms with van der Waals surface area (Å²) in [5, 5.41) is 11.0. The van der Waals surface area contributed by atoms with Crippen LogP contribution in [-0.2, 0) is 17.9 Å². The number of carbonyl (C=O) groups excluding carboxylic acids is 2. The van der Waals surface area contributed by atoms with Gasteiger partial charge in [0.1, 0.15) is 12.3 Å². The van der Waals surface area contributed by atoms with Crippen molar-refractivity contribution in [3.8, 4) is 11.5 Å². The quantitative estimate of drug-likeness (QED) is 0.796. The first kappa shape index (κ1) is 18.7. The Morgan fingerprint density at radius 2 is 2.11 bits per heavy atom. The number of methoxy groups -OCH3 is 1. The van der Waals surface area contributed by atoms with Crippen LogP contribution >= 0.6 is 0 Å². The number of nitrogens with zero attached hydrogens (tertiary/aromatic N) is 4. The summed E-state index contributed by atoms with van der Waals surface area (Å²) in [6, 6.07) is 5.13. The molecule has 3 rings (SSSR count). The fourth-order valence-electron chi connectivity index (χ4n) is 2.80. The van der Waals surface area contributed by atoms with Crippen LogP contribution in [0.1, 0.15) is 28.9 Å². The molecule has 0 saturated heterocycles. The number of hydrogen-bond donors (Lipinski definition) is 1. The fraction of sp³-hybridized carbons (Fsp3) is 0.444. The van der Waals surface area contributed by atoms with Gasteiger partial charge in [0.2, 0.25) is 5.91 Å². The Balaban J connectivity index is 1.87. The van der Waals surface area contributed by atoms with Gasteiger partial charge in [-0.25, -0.2) is 0 Å². The number of para-hydroxylation sites is 1. The van der Waals surface area contributed by atoms with E-state index < -0.39 is 0 Å². The third-order valence-electron chi connectivity index (χ3n) is 4.33. The molecular weight excluding hydrogens is 350 g/mol. The van der Waals surface area contributed by atoms with E-state index in [1.54, 1.807) is 41.0 Å². The highest BCUT2D eigenvalue weighted by molar-refractivity contribution is 5.97. The average Bonchev–Trinajstić information content (AvgIpc) is 3.12. The van der Waals surface area contributed by atoms with Crippen molar-refractivity contribution in [3.05, 3.63) is 35.7 Å². The summed E-state index contributed by atoms with van der Waals surface area (Å²) in [6.07, 6.45) is 2.85. The van der Waals surface area contributed by atoms with E-state index in [4.69, 9.17) is 9.47 Å². The van der Waals surface area contributed by atoms with Crippen LogP contribution < -0.4 is 14.8 Å². The number of benzene rings is 1. The van der Waals surface area contributed by atoms with Gasteiger partial charge in [0.15, 0.2) is 11.5 Å². The second kappa shape index (κ2) is 8.52. The van der Waals surface area contributed by atoms with Crippen molar-refractivity contribution in [3.63, 3.8) is 0 Å². The van der Waals surface area contributed by atoms with Crippen LogP contribution in [0.4, 0.5) is 0 Å². The number of aryl methyl sites for hydroxylation is 1. The van der Waals surface area contributed by atoms with Crippen molar-refractivity contribution in [1.29, 1.82) is 0 Å². The van der Waals surface area contributed by atoms with E-state index in [1.807, 2.05) is 0 Å². The van der Waals surface area contributed by atoms with E-state index in [2.05, 4.69) is 15.6 Å². The van der Waals surface area contributed by atoms with Gasteiger partial charge in [0, 0.05) is 33.1 Å². The molecule has 1 aromatic carbocycles. The molecule has 2 bridgehead atoms. The molecule has 0 aliphatic carbocycles. The normalized spacial score (nSPS) is 16.3. The molecular formula is C18H23N5O4. The van der Waals surface area contributed by atoms with Crippen LogP contribution in [0.3, 0.4) is 0 Å². The molecule has 1 aromatic heterocycles. The Morgan fingerprint density at radius 1 is 1.26 bits per heavy atom. The lowest BCUT2D eigenvalue weighted by atomic mass is 10.1. The summed E-state index contributed by atoms with van der Waals surface area (Å²) >= 11 is 0. The first-order valence-corrected chi connectivity index (χ1v) is 8.79. The molecule has 0 radical (unpaired) electrons. The number of carbonyl (C=O) groups is 2. The summed E-state index contributed by atoms with van der Waals surface area (Å²) in [7, 11) is 3.25. The zero-order valence-corrected chi connectivity index (χ0v) is 15.5. The molecule has 0 saturated carbocycles. The second-order valence-electron chi connectivity index (χ2n) is 6.27. The van der Waals surface area contributed by atoms with E-state index in [-0.39, 0.29) is 18.4 Å². The largest absolute Gasteiger partial charge is 0.493 e. The Morgan fingerprint density at radius 3 is 2.93 bits per heavy atom. The first-order valence-electron chi connectivity index (χ1n) is 8.79. The molecule has 27 heavy (non-hydrogen) atoms. The molecule has 9 heteroatoms. The zero-order chi connectivity index (χ0) is 19.2. The topological polar surface area (TPSA) is 98.6 Å². The molecule has 144 valence electrons. The van der Waals surface area contributed by atoms with E-state index in [9.17, 15) is 9.59 Å². The van der Waals surface area contributed by atoms with Gasteiger partial charge in [-0.15, -0.1) is 5.10 Å². The lowest BCUT2D eigenvalue weighted by Crippen LogP contribution is -2.36. The van der Waals surface area contributed by atoms with E-state index in [0.717, 1.165) is 0 Å². The molecule has 0 fully saturated rings. The summed E-state index contributed by atoms with van der Waals surface area (Å²) in [4.78, 5) is 26.4. The molecule has 0 atom stereocenters. The smallest absolute Gasteiger partial charge is 0.255 e. The zero-order valence-electron chi connectivity index (χ0n) is 15.5. The van der Waals surface area contributed by atoms with Gasteiger partial charge in [-0.1, -0.05) is 11.3 Å². The lowest BCUT2D eigenvalue weighted by molar-refractivity contribution is -0.130. The van der Waals surface area contributed by atoms with Gasteiger partial charge < -0.3 is 19.7 Å². The molecule has 2 aromatic rings. The minimum Gasteiger partial charge on any atom is -0.493 e. The molecule has 1 N–H and O–H groups in total. The lowest BCUT2D eigenvalue weighted by Gasteiger charge is -2.18. The maximum atomic E-state index is 12.6. The molecule has 2 heterocycles. The highest BCUT2D eigenvalue weighted by Crippen LogP contribution is 2.31. The van der Waals surface area contributed by atoms with Crippen molar-refractivity contribution in [2.24, 2.45) is 0 Å². The minimum atomic E-state index is -0.291. The van der Waals surface area contributed by atoms with Crippen molar-refractivity contribution in [2.75, 3.05) is 27.2 Å². The SMILES string of the molecule is COc1cccc2c1OCc1cn(nn1)CCCC(=O)N(C)CCNC2=O. The number of hydrogen-bond acceptors (Lipinski definition) is 6. The van der Waals surface area contributed by atoms with Crippen LogP contribution in [0.25, 0.3) is 0 Å². The summed E-state index contributed by atoms with van der Waals surface area (Å²) in [5.74, 6) is 0.551. The number of nitrogens with one attached hydrogen (secondary N) is 1. The highest BCUT2D eigenvalue weighted by atomic mass is 16.5. The van der Waals surface area contributed by atoms with Crippen LogP contribution in [0.2, 0.25) is 0 Å². The van der Waals surface area contributed by atoms with Gasteiger partial charge in [-0.3, -0.25) is 14.3 Å². The number of ether oxygens (including phenoxy) is 2. The molecule has 2 amide bonds. The average molecular weight is 373 g/mol. The fourth-order valence-corrected chi connectivity index (χ4v) is 2.80. The Labute approximate surface area is 157 Å². The van der Waals surface area contributed by atoms with Gasteiger partial charge in [-0.2, -0.15) is 0 Å². The standard InChI is InChI=1S/C18H23N5O4/c1-22-10-8-19-18(25)14-5-3-6-15(26-2)17(14)27-12-13-11-23(21-20-13)9-4-7-16(22)24/h3,5-6,11H,4,7-10,12H2,1-2H3,(H,19,25). The third-order valence-corrected chi connectivity index (χ3v) is 4.33. The minimum absolute atomic E-state index is 0.0297. The van der Waals surface area contributed by atoms with E-state index in [1.165, 1.54) is 7.11 Å². The number of rotatable bonds is 1. The highest BCUT2D eigenvalue weighted by Gasteiger charge is 2.18. The van der Waals surface area contributed by atoms with Crippen LogP contribution in [0, 0.1) is 0 Å². The van der Waals surface area contributed by atoms with Crippen molar-refractivity contribution < 1.29 is 19.1 Å². The monoisotopic (exact) mass is 373 g/mol. The summed E-state index contributed by atoms with van der Waals surface area (Å²) < 4.78 is 12.9. The van der Waals surface area contributed by atoms with Crippen LogP contribution in [-0.4, -0.2) is 59.0 Å². The van der Waals surface area contributed by atoms with Crippen LogP contribution in [0.5, 0.6) is 11.5 Å². The van der Waals surface area contributed by atoms with Gasteiger partial charge in [0.05, 0.1) is 18.9 Å². The predicted octanol–water partition coefficient (Wildman–Crippen LogP) is 0.848. The molecule has 1 aliphatic heterocycles. The maximum absolute atomic E-state index is 12.6. The van der Waals surface area contributed by atoms with Crippen molar-refractivity contribution >= 4 is 11.8 Å². The van der Waals surface area contributed by atoms with Gasteiger partial charge in [0.25, 0.3) is 5.91 Å². The number of likely N-dealkylation sites (N-methyl/N-ethyl adjacent to an activating group) is 1. The van der Waals surface area contributed by atoms with Gasteiger partial charge >= 0.3 is 0 Å². The Hall–Kier alpha value is -3.10. The second-order valence-corrected chi connectivity index (χ2v) is 6.27. The maximum Gasteiger partial charge on any atom is 0.255 e. The molecule has 1 aliphatic rings. The van der Waals surface area contributed by atoms with Crippen LogP contribution in [0.15, 0.2) is 24.4 Å². The van der Waals surface area contributed by atoms with Crippen molar-refractivity contribution in [2.45, 2.75) is 26.0 Å². The van der Waals surface area contributed by atoms with E-state index >= 15 is 0 Å². The molecule has 0 spiro atoms. The summed E-state index contributed by atoms with van der Waals surface area (Å²) in [5.41, 5.74) is 0.991. The number of fused-ring (bicyclic) bond motifs is 3.